The minimum atomic E-state index is 0.399. The summed E-state index contributed by atoms with van der Waals surface area (Å²) < 4.78 is 7.04. The normalized spacial score (nSPS) is 20.3. The summed E-state index contributed by atoms with van der Waals surface area (Å²) in [4.78, 5) is 18.1. The third-order valence-electron chi connectivity index (χ3n) is 3.94. The number of aliphatic imine (C=N–C) groups is 1. The molecule has 1 atom stereocenters. The summed E-state index contributed by atoms with van der Waals surface area (Å²) in [6.45, 7) is 2.15. The molecule has 0 N–H and O–H groups in total. The highest BCUT2D eigenvalue weighted by Gasteiger charge is 2.32. The van der Waals surface area contributed by atoms with Gasteiger partial charge in [-0.2, -0.15) is 0 Å². The van der Waals surface area contributed by atoms with E-state index in [1.54, 1.807) is 6.34 Å². The maximum absolute atomic E-state index is 11.5. The molecule has 0 fully saturated rings. The number of carbonyl (C=O) groups excluding carboxylic acids is 1. The molecule has 0 bridgehead atoms. The minimum Gasteiger partial charge on any atom is -0.456 e. The van der Waals surface area contributed by atoms with Crippen LogP contribution in [0.4, 0.5) is 0 Å². The van der Waals surface area contributed by atoms with Gasteiger partial charge in [-0.3, -0.25) is 4.79 Å². The van der Waals surface area contributed by atoms with Crippen LogP contribution < -0.4 is 4.74 Å². The van der Waals surface area contributed by atoms with Gasteiger partial charge in [-0.05, 0) is 37.0 Å². The van der Waals surface area contributed by atoms with E-state index in [-0.39, 0.29) is 0 Å². The lowest BCUT2D eigenvalue weighted by molar-refractivity contribution is -0.105. The van der Waals surface area contributed by atoms with Crippen molar-refractivity contribution in [2.24, 2.45) is 10.9 Å². The molecular formula is C18H19BrN2O2. The molecule has 0 radical (unpaired) electrons. The Labute approximate surface area is 144 Å². The molecule has 1 aliphatic carbocycles. The Kier molecular flexibility index (Phi) is 4.39. The van der Waals surface area contributed by atoms with Crippen LogP contribution in [0, 0.1) is 5.92 Å². The van der Waals surface area contributed by atoms with E-state index in [1.807, 2.05) is 37.2 Å². The molecule has 4 nitrogen and oxygen atoms in total. The molecule has 0 saturated heterocycles. The zero-order chi connectivity index (χ0) is 16.6. The molecule has 0 saturated carbocycles. The van der Waals surface area contributed by atoms with Gasteiger partial charge in [-0.25, -0.2) is 4.99 Å². The van der Waals surface area contributed by atoms with Gasteiger partial charge in [0.25, 0.3) is 0 Å². The van der Waals surface area contributed by atoms with E-state index in [4.69, 9.17) is 4.74 Å². The number of halogens is 1. The molecule has 1 aromatic carbocycles. The molecule has 5 heteroatoms. The van der Waals surface area contributed by atoms with Crippen LogP contribution in [0.25, 0.3) is 5.70 Å². The van der Waals surface area contributed by atoms with E-state index in [0.29, 0.717) is 11.7 Å². The Morgan fingerprint density at radius 1 is 1.35 bits per heavy atom. The number of fused-ring (bicyclic) bond motifs is 2. The smallest absolute Gasteiger partial charge is 0.149 e. The van der Waals surface area contributed by atoms with Gasteiger partial charge in [-0.1, -0.05) is 22.9 Å². The standard InChI is InChI=1S/C18H19BrN2O2/c1-11-6-12(9-22)18-15(7-11)17(20-10-21(2)3)14-8-13(19)4-5-16(14)23-18/h4-5,8-11H,6-7H2,1-3H3. The van der Waals surface area contributed by atoms with E-state index < -0.39 is 0 Å². The van der Waals surface area contributed by atoms with Crippen LogP contribution in [-0.2, 0) is 4.79 Å². The number of carbonyl (C=O) groups is 1. The summed E-state index contributed by atoms with van der Waals surface area (Å²) in [5.41, 5.74) is 3.59. The number of allylic oxidation sites excluding steroid dienone is 2. The van der Waals surface area contributed by atoms with Gasteiger partial charge in [0, 0.05) is 35.3 Å². The average molecular weight is 375 g/mol. The van der Waals surface area contributed by atoms with Gasteiger partial charge in [0.2, 0.25) is 0 Å². The number of aldehydes is 1. The second-order valence-electron chi connectivity index (χ2n) is 6.26. The van der Waals surface area contributed by atoms with Crippen LogP contribution in [-0.4, -0.2) is 31.6 Å². The third kappa shape index (κ3) is 3.11. The number of ether oxygens (including phenoxy) is 1. The van der Waals surface area contributed by atoms with Crippen molar-refractivity contribution in [3.05, 3.63) is 45.1 Å². The first-order chi connectivity index (χ1) is 11.0. The van der Waals surface area contributed by atoms with E-state index in [9.17, 15) is 4.79 Å². The summed E-state index contributed by atoms with van der Waals surface area (Å²) in [6, 6.07) is 5.86. The summed E-state index contributed by atoms with van der Waals surface area (Å²) in [5, 5.41) is 0. The van der Waals surface area contributed by atoms with E-state index in [2.05, 4.69) is 27.8 Å². The Balaban J connectivity index is 2.25. The first kappa shape index (κ1) is 16.0. The van der Waals surface area contributed by atoms with Crippen molar-refractivity contribution in [2.45, 2.75) is 19.8 Å². The largest absolute Gasteiger partial charge is 0.456 e. The lowest BCUT2D eigenvalue weighted by Crippen LogP contribution is -2.20. The van der Waals surface area contributed by atoms with E-state index >= 15 is 0 Å². The second-order valence-corrected chi connectivity index (χ2v) is 7.18. The number of benzene rings is 1. The van der Waals surface area contributed by atoms with Crippen molar-refractivity contribution in [1.29, 1.82) is 0 Å². The fourth-order valence-corrected chi connectivity index (χ4v) is 3.34. The fraction of sp³-hybridized carbons (Fsp3) is 0.333. The lowest BCUT2D eigenvalue weighted by Gasteiger charge is -2.31. The van der Waals surface area contributed by atoms with Crippen molar-refractivity contribution in [3.63, 3.8) is 0 Å². The zero-order valence-electron chi connectivity index (χ0n) is 13.5. The summed E-state index contributed by atoms with van der Waals surface area (Å²) in [7, 11) is 3.87. The van der Waals surface area contributed by atoms with E-state index in [0.717, 1.165) is 51.8 Å². The van der Waals surface area contributed by atoms with Crippen LogP contribution >= 0.6 is 15.9 Å². The fourth-order valence-electron chi connectivity index (χ4n) is 2.98. The van der Waals surface area contributed by atoms with Gasteiger partial charge in [-0.15, -0.1) is 0 Å². The van der Waals surface area contributed by atoms with Gasteiger partial charge >= 0.3 is 0 Å². The third-order valence-corrected chi connectivity index (χ3v) is 4.43. The maximum atomic E-state index is 11.5. The SMILES string of the molecule is CC1CC(C=O)=C2Oc3ccc(Br)cc3C(N=CN(C)C)=C2C1. The molecular weight excluding hydrogens is 356 g/mol. The van der Waals surface area contributed by atoms with Gasteiger partial charge < -0.3 is 9.64 Å². The number of hydrogen-bond donors (Lipinski definition) is 0. The molecule has 1 aliphatic heterocycles. The lowest BCUT2D eigenvalue weighted by atomic mass is 9.83. The van der Waals surface area contributed by atoms with Crippen LogP contribution in [0.1, 0.15) is 25.3 Å². The highest BCUT2D eigenvalue weighted by atomic mass is 79.9. The van der Waals surface area contributed by atoms with Crippen molar-refractivity contribution in [3.8, 4) is 5.75 Å². The van der Waals surface area contributed by atoms with Crippen LogP contribution in [0.5, 0.6) is 5.75 Å². The number of nitrogens with zero attached hydrogens (tertiary/aromatic N) is 2. The molecule has 1 aromatic rings. The number of hydrogen-bond acceptors (Lipinski definition) is 3. The predicted molar refractivity (Wildman–Crippen MR) is 95.4 cm³/mol. The monoisotopic (exact) mass is 374 g/mol. The highest BCUT2D eigenvalue weighted by molar-refractivity contribution is 9.10. The first-order valence-corrected chi connectivity index (χ1v) is 8.39. The Morgan fingerprint density at radius 3 is 2.83 bits per heavy atom. The summed E-state index contributed by atoms with van der Waals surface area (Å²) in [6.07, 6.45) is 4.32. The number of rotatable bonds is 3. The Bertz CT molecular complexity index is 747. The molecule has 3 rings (SSSR count). The highest BCUT2D eigenvalue weighted by Crippen LogP contribution is 2.45. The summed E-state index contributed by atoms with van der Waals surface area (Å²) >= 11 is 3.51. The Hall–Kier alpha value is -1.88. The molecule has 23 heavy (non-hydrogen) atoms. The minimum absolute atomic E-state index is 0.399. The van der Waals surface area contributed by atoms with Crippen molar-refractivity contribution in [2.75, 3.05) is 14.1 Å². The molecule has 2 aliphatic rings. The van der Waals surface area contributed by atoms with Crippen LogP contribution in [0.3, 0.4) is 0 Å². The van der Waals surface area contributed by atoms with Crippen molar-refractivity contribution < 1.29 is 9.53 Å². The maximum Gasteiger partial charge on any atom is 0.149 e. The van der Waals surface area contributed by atoms with E-state index in [1.165, 1.54) is 0 Å². The van der Waals surface area contributed by atoms with Gasteiger partial charge in [0.1, 0.15) is 17.8 Å². The van der Waals surface area contributed by atoms with Gasteiger partial charge in [0.15, 0.2) is 0 Å². The van der Waals surface area contributed by atoms with Crippen LogP contribution in [0.15, 0.2) is 44.6 Å². The Morgan fingerprint density at radius 2 is 2.13 bits per heavy atom. The van der Waals surface area contributed by atoms with Gasteiger partial charge in [0.05, 0.1) is 12.0 Å². The van der Waals surface area contributed by atoms with Crippen LogP contribution in [0.2, 0.25) is 0 Å². The topological polar surface area (TPSA) is 41.9 Å². The molecule has 0 amide bonds. The molecule has 1 heterocycles. The average Bonchev–Trinajstić information content (AvgIpc) is 2.51. The quantitative estimate of drug-likeness (QED) is 0.455. The predicted octanol–water partition coefficient (Wildman–Crippen LogP) is 4.03. The molecule has 0 aromatic heterocycles. The summed E-state index contributed by atoms with van der Waals surface area (Å²) in [5.74, 6) is 1.83. The molecule has 120 valence electrons. The van der Waals surface area contributed by atoms with Crippen molar-refractivity contribution >= 4 is 34.3 Å². The zero-order valence-corrected chi connectivity index (χ0v) is 15.1. The molecule has 1 unspecified atom stereocenters. The van der Waals surface area contributed by atoms with Crippen molar-refractivity contribution in [1.82, 2.24) is 4.90 Å². The second kappa shape index (κ2) is 6.32. The molecule has 0 spiro atoms. The first-order valence-electron chi connectivity index (χ1n) is 7.60.